The molecule has 7 nitrogen and oxygen atoms in total. The second-order valence-electron chi connectivity index (χ2n) is 6.29. The second kappa shape index (κ2) is 11.7. The van der Waals surface area contributed by atoms with Gasteiger partial charge in [-0.2, -0.15) is 0 Å². The number of rotatable bonds is 12. The molecule has 25 heavy (non-hydrogen) atoms. The molecule has 0 aromatic rings. The van der Waals surface area contributed by atoms with Crippen molar-refractivity contribution in [1.29, 1.82) is 0 Å². The summed E-state index contributed by atoms with van der Waals surface area (Å²) in [6.07, 6.45) is -2.59. The molecule has 7 heteroatoms. The average Bonchev–Trinajstić information content (AvgIpc) is 2.45. The maximum Gasteiger partial charge on any atom is 0.313 e. The van der Waals surface area contributed by atoms with Gasteiger partial charge in [-0.05, 0) is 40.5 Å². The normalized spacial score (nSPS) is 13.4. The van der Waals surface area contributed by atoms with Crippen LogP contribution in [0.3, 0.4) is 0 Å². The van der Waals surface area contributed by atoms with Crippen molar-refractivity contribution >= 4 is 23.5 Å². The molecule has 0 bridgehead atoms. The molecular weight excluding hydrogens is 328 g/mol. The summed E-state index contributed by atoms with van der Waals surface area (Å²) in [5.41, 5.74) is 0. The minimum absolute atomic E-state index is 0.307. The van der Waals surface area contributed by atoms with Crippen molar-refractivity contribution in [2.24, 2.45) is 0 Å². The zero-order valence-corrected chi connectivity index (χ0v) is 16.0. The molecule has 0 amide bonds. The van der Waals surface area contributed by atoms with Gasteiger partial charge in [-0.3, -0.25) is 19.2 Å². The number of carbonyl (C=O) groups is 4. The van der Waals surface area contributed by atoms with Crippen molar-refractivity contribution in [3.8, 4) is 0 Å². The number of hydrogen-bond donors (Lipinski definition) is 0. The van der Waals surface area contributed by atoms with Crippen LogP contribution in [0.15, 0.2) is 0 Å². The fourth-order valence-electron chi connectivity index (χ4n) is 2.12. The van der Waals surface area contributed by atoms with E-state index >= 15 is 0 Å². The van der Waals surface area contributed by atoms with Crippen LogP contribution >= 0.6 is 0 Å². The van der Waals surface area contributed by atoms with Crippen LogP contribution in [0.5, 0.6) is 0 Å². The number of carbonyl (C=O) groups excluding carboxylic acids is 4. The Morgan fingerprint density at radius 2 is 1.00 bits per heavy atom. The lowest BCUT2D eigenvalue weighted by molar-refractivity contribution is -0.155. The van der Waals surface area contributed by atoms with E-state index in [1.807, 2.05) is 0 Å². The van der Waals surface area contributed by atoms with Gasteiger partial charge in [0, 0.05) is 0 Å². The summed E-state index contributed by atoms with van der Waals surface area (Å²) in [7, 11) is 0. The van der Waals surface area contributed by atoms with Crippen molar-refractivity contribution in [1.82, 2.24) is 0 Å². The fourth-order valence-corrected chi connectivity index (χ4v) is 2.12. The maximum atomic E-state index is 12.2. The van der Waals surface area contributed by atoms with E-state index in [-0.39, 0.29) is 12.2 Å². The molecule has 0 saturated heterocycles. The minimum atomic E-state index is -0.894. The Morgan fingerprint density at radius 1 is 0.680 bits per heavy atom. The molecule has 0 aromatic carbocycles. The Labute approximate surface area is 149 Å². The molecule has 2 unspecified atom stereocenters. The Bertz CT molecular complexity index is 426. The van der Waals surface area contributed by atoms with E-state index in [0.717, 1.165) is 0 Å². The van der Waals surface area contributed by atoms with Crippen molar-refractivity contribution in [3.05, 3.63) is 0 Å². The average molecular weight is 358 g/mol. The van der Waals surface area contributed by atoms with Gasteiger partial charge in [0.1, 0.15) is 25.0 Å². The molecular formula is C18H30O7. The van der Waals surface area contributed by atoms with Crippen molar-refractivity contribution in [3.63, 3.8) is 0 Å². The van der Waals surface area contributed by atoms with Crippen molar-refractivity contribution < 1.29 is 33.4 Å². The number of ether oxygens (including phenoxy) is 3. The van der Waals surface area contributed by atoms with Gasteiger partial charge in [0.25, 0.3) is 0 Å². The smallest absolute Gasteiger partial charge is 0.313 e. The quantitative estimate of drug-likeness (QED) is 0.390. The highest BCUT2D eigenvalue weighted by Crippen LogP contribution is 2.13. The molecule has 0 heterocycles. The highest BCUT2D eigenvalue weighted by Gasteiger charge is 2.28. The molecule has 0 spiro atoms. The van der Waals surface area contributed by atoms with Gasteiger partial charge < -0.3 is 14.2 Å². The first-order valence-corrected chi connectivity index (χ1v) is 8.70. The van der Waals surface area contributed by atoms with E-state index in [9.17, 15) is 19.2 Å². The predicted octanol–water partition coefficient (Wildman–Crippen LogP) is 2.38. The molecule has 0 aliphatic carbocycles. The Balaban J connectivity index is 4.72. The first-order chi connectivity index (χ1) is 11.6. The van der Waals surface area contributed by atoms with E-state index in [1.54, 1.807) is 41.5 Å². The summed E-state index contributed by atoms with van der Waals surface area (Å²) in [5.74, 6) is -2.13. The van der Waals surface area contributed by atoms with Gasteiger partial charge in [-0.15, -0.1) is 0 Å². The first kappa shape index (κ1) is 23.2. The van der Waals surface area contributed by atoms with Gasteiger partial charge in [0.15, 0.2) is 11.6 Å². The second-order valence-corrected chi connectivity index (χ2v) is 6.29. The summed E-state index contributed by atoms with van der Waals surface area (Å²) < 4.78 is 15.5. The summed E-state index contributed by atoms with van der Waals surface area (Å²) in [4.78, 5) is 47.5. The largest absolute Gasteiger partial charge is 0.463 e. The molecule has 0 aromatic heterocycles. The van der Waals surface area contributed by atoms with Crippen molar-refractivity contribution in [2.75, 3.05) is 0 Å². The molecule has 0 aliphatic heterocycles. The number of Topliss-reactive ketones (excluding diaryl/α,β-unsaturated/α-hetero) is 2. The molecule has 0 fully saturated rings. The summed E-state index contributed by atoms with van der Waals surface area (Å²) in [6.45, 7) is 10.2. The van der Waals surface area contributed by atoms with Gasteiger partial charge in [-0.25, -0.2) is 0 Å². The van der Waals surface area contributed by atoms with Crippen molar-refractivity contribution in [2.45, 2.75) is 91.6 Å². The molecule has 0 rings (SSSR count). The van der Waals surface area contributed by atoms with Crippen LogP contribution in [-0.2, 0) is 33.4 Å². The summed E-state index contributed by atoms with van der Waals surface area (Å²) in [6, 6.07) is 0. The molecule has 2 atom stereocenters. The van der Waals surface area contributed by atoms with Crippen LogP contribution in [0.1, 0.15) is 67.2 Å². The van der Waals surface area contributed by atoms with Gasteiger partial charge in [0.05, 0.1) is 12.2 Å². The summed E-state index contributed by atoms with van der Waals surface area (Å²) >= 11 is 0. The van der Waals surface area contributed by atoms with E-state index in [2.05, 4.69) is 0 Å². The Morgan fingerprint density at radius 3 is 1.24 bits per heavy atom. The summed E-state index contributed by atoms with van der Waals surface area (Å²) in [5, 5.41) is 0. The SMILES string of the molecule is CCC(OC(CC)C(=O)CC(=O)OC(C)C)C(=O)CC(=O)OC(C)C. The molecule has 0 N–H and O–H groups in total. The van der Waals surface area contributed by atoms with Crippen LogP contribution in [0.2, 0.25) is 0 Å². The zero-order chi connectivity index (χ0) is 19.6. The highest BCUT2D eigenvalue weighted by atomic mass is 16.5. The molecule has 0 radical (unpaired) electrons. The number of hydrogen-bond acceptors (Lipinski definition) is 7. The third-order valence-electron chi connectivity index (χ3n) is 3.16. The standard InChI is InChI=1S/C18H30O7/c1-7-15(13(19)9-17(21)23-11(3)4)25-16(8-2)14(20)10-18(22)24-12(5)6/h11-12,15-16H,7-10H2,1-6H3. The monoisotopic (exact) mass is 358 g/mol. The number of ketones is 2. The molecule has 144 valence electrons. The van der Waals surface area contributed by atoms with Gasteiger partial charge in [0.2, 0.25) is 0 Å². The van der Waals surface area contributed by atoms with E-state index < -0.39 is 48.6 Å². The predicted molar refractivity (Wildman–Crippen MR) is 90.9 cm³/mol. The van der Waals surface area contributed by atoms with E-state index in [0.29, 0.717) is 12.8 Å². The van der Waals surface area contributed by atoms with Gasteiger partial charge in [-0.1, -0.05) is 13.8 Å². The Kier molecular flexibility index (Phi) is 10.9. The maximum absolute atomic E-state index is 12.2. The van der Waals surface area contributed by atoms with Crippen LogP contribution in [0, 0.1) is 0 Å². The molecule has 0 saturated carbocycles. The lowest BCUT2D eigenvalue weighted by Gasteiger charge is -2.21. The third kappa shape index (κ3) is 9.96. The van der Waals surface area contributed by atoms with Crippen LogP contribution in [0.25, 0.3) is 0 Å². The molecule has 0 aliphatic rings. The van der Waals surface area contributed by atoms with E-state index in [1.165, 1.54) is 0 Å². The van der Waals surface area contributed by atoms with E-state index in [4.69, 9.17) is 14.2 Å². The minimum Gasteiger partial charge on any atom is -0.463 e. The first-order valence-electron chi connectivity index (χ1n) is 8.70. The van der Waals surface area contributed by atoms with Crippen LogP contribution in [-0.4, -0.2) is 47.9 Å². The highest BCUT2D eigenvalue weighted by molar-refractivity contribution is 5.99. The topological polar surface area (TPSA) is 96.0 Å². The fraction of sp³-hybridized carbons (Fsp3) is 0.778. The van der Waals surface area contributed by atoms with Crippen LogP contribution < -0.4 is 0 Å². The number of esters is 2. The van der Waals surface area contributed by atoms with Gasteiger partial charge >= 0.3 is 11.9 Å². The lowest BCUT2D eigenvalue weighted by atomic mass is 10.1. The lowest BCUT2D eigenvalue weighted by Crippen LogP contribution is -2.35. The Hall–Kier alpha value is -1.76. The zero-order valence-electron chi connectivity index (χ0n) is 16.0. The third-order valence-corrected chi connectivity index (χ3v) is 3.16. The van der Waals surface area contributed by atoms with Crippen LogP contribution in [0.4, 0.5) is 0 Å².